The average Bonchev–Trinajstić information content (AvgIpc) is 2.26. The highest BCUT2D eigenvalue weighted by Gasteiger charge is 2.00. The SMILES string of the molecule is C#CCCCCO/C(=C/C(O)=C\C)C(=C)C. The van der Waals surface area contributed by atoms with Gasteiger partial charge in [-0.15, -0.1) is 12.3 Å². The highest BCUT2D eigenvalue weighted by atomic mass is 16.5. The molecule has 1 N–H and O–H groups in total. The van der Waals surface area contributed by atoms with E-state index < -0.39 is 0 Å². The van der Waals surface area contributed by atoms with Crippen LogP contribution in [0.4, 0.5) is 0 Å². The highest BCUT2D eigenvalue weighted by Crippen LogP contribution is 2.12. The molecule has 2 nitrogen and oxygen atoms in total. The van der Waals surface area contributed by atoms with Gasteiger partial charge in [0.15, 0.2) is 0 Å². The van der Waals surface area contributed by atoms with Crippen molar-refractivity contribution in [3.05, 3.63) is 35.8 Å². The van der Waals surface area contributed by atoms with Crippen LogP contribution in [-0.4, -0.2) is 11.7 Å². The molecule has 0 aliphatic heterocycles. The van der Waals surface area contributed by atoms with Crippen molar-refractivity contribution in [2.45, 2.75) is 33.1 Å². The van der Waals surface area contributed by atoms with Gasteiger partial charge in [0, 0.05) is 12.5 Å². The molecule has 0 aliphatic carbocycles. The van der Waals surface area contributed by atoms with Crippen LogP contribution in [0.25, 0.3) is 0 Å². The summed E-state index contributed by atoms with van der Waals surface area (Å²) in [6.07, 6.45) is 11.0. The second-order valence-corrected chi connectivity index (χ2v) is 3.51. The molecule has 16 heavy (non-hydrogen) atoms. The summed E-state index contributed by atoms with van der Waals surface area (Å²) in [4.78, 5) is 0. The first-order valence-corrected chi connectivity index (χ1v) is 5.41. The third-order valence-corrected chi connectivity index (χ3v) is 1.97. The molecule has 0 unspecified atom stereocenters. The monoisotopic (exact) mass is 220 g/mol. The number of unbranched alkanes of at least 4 members (excludes halogenated alkanes) is 2. The van der Waals surface area contributed by atoms with Crippen molar-refractivity contribution in [1.29, 1.82) is 0 Å². The molecule has 0 aliphatic rings. The first-order chi connectivity index (χ1) is 7.61. The van der Waals surface area contributed by atoms with Gasteiger partial charge in [0.25, 0.3) is 0 Å². The van der Waals surface area contributed by atoms with Crippen LogP contribution in [0.2, 0.25) is 0 Å². The Labute approximate surface area is 98.3 Å². The lowest BCUT2D eigenvalue weighted by molar-refractivity contribution is 0.212. The Morgan fingerprint density at radius 2 is 2.19 bits per heavy atom. The fraction of sp³-hybridized carbons (Fsp3) is 0.429. The Kier molecular flexibility index (Phi) is 7.79. The van der Waals surface area contributed by atoms with Crippen LogP contribution in [0.3, 0.4) is 0 Å². The van der Waals surface area contributed by atoms with Crippen LogP contribution in [0, 0.1) is 12.3 Å². The normalized spacial score (nSPS) is 12.1. The maximum Gasteiger partial charge on any atom is 0.125 e. The molecule has 0 aromatic rings. The minimum atomic E-state index is 0.182. The van der Waals surface area contributed by atoms with E-state index in [1.807, 2.05) is 6.92 Å². The second kappa shape index (κ2) is 8.67. The van der Waals surface area contributed by atoms with E-state index in [0.29, 0.717) is 12.4 Å². The molecule has 0 rings (SSSR count). The summed E-state index contributed by atoms with van der Waals surface area (Å²) in [5, 5.41) is 9.36. The zero-order valence-electron chi connectivity index (χ0n) is 10.1. The Morgan fingerprint density at radius 3 is 2.69 bits per heavy atom. The summed E-state index contributed by atoms with van der Waals surface area (Å²) in [6, 6.07) is 0. The van der Waals surface area contributed by atoms with Gasteiger partial charge in [-0.25, -0.2) is 0 Å². The lowest BCUT2D eigenvalue weighted by Gasteiger charge is -2.09. The number of ether oxygens (including phenoxy) is 1. The van der Waals surface area contributed by atoms with Crippen LogP contribution in [0.1, 0.15) is 33.1 Å². The van der Waals surface area contributed by atoms with Crippen molar-refractivity contribution in [2.75, 3.05) is 6.61 Å². The Balaban J connectivity index is 4.12. The molecule has 0 atom stereocenters. The Bertz CT molecular complexity index is 316. The predicted octanol–water partition coefficient (Wildman–Crippen LogP) is 3.73. The number of terminal acetylenes is 1. The van der Waals surface area contributed by atoms with Crippen molar-refractivity contribution in [3.63, 3.8) is 0 Å². The molecule has 0 heterocycles. The van der Waals surface area contributed by atoms with Crippen molar-refractivity contribution >= 4 is 0 Å². The standard InChI is InChI=1S/C14H20O2/c1-5-7-8-9-10-16-14(12(3)4)11-13(15)6-2/h1,6,11,15H,3,7-10H2,2,4H3/b13-6+,14-11+. The quantitative estimate of drug-likeness (QED) is 0.306. The van der Waals surface area contributed by atoms with E-state index in [0.717, 1.165) is 24.8 Å². The van der Waals surface area contributed by atoms with Crippen molar-refractivity contribution in [1.82, 2.24) is 0 Å². The second-order valence-electron chi connectivity index (χ2n) is 3.51. The molecular formula is C14H20O2. The molecular weight excluding hydrogens is 200 g/mol. The molecule has 0 aromatic carbocycles. The molecule has 0 saturated heterocycles. The first-order valence-electron chi connectivity index (χ1n) is 5.41. The largest absolute Gasteiger partial charge is 0.508 e. The minimum Gasteiger partial charge on any atom is -0.508 e. The van der Waals surface area contributed by atoms with E-state index >= 15 is 0 Å². The zero-order chi connectivity index (χ0) is 12.4. The maximum absolute atomic E-state index is 9.36. The number of aliphatic hydroxyl groups is 1. The van der Waals surface area contributed by atoms with Gasteiger partial charge < -0.3 is 9.84 Å². The van der Waals surface area contributed by atoms with E-state index in [4.69, 9.17) is 11.2 Å². The lowest BCUT2D eigenvalue weighted by atomic mass is 10.2. The third-order valence-electron chi connectivity index (χ3n) is 1.97. The number of aliphatic hydroxyl groups excluding tert-OH is 1. The fourth-order valence-electron chi connectivity index (χ4n) is 1.02. The zero-order valence-corrected chi connectivity index (χ0v) is 10.1. The van der Waals surface area contributed by atoms with E-state index in [9.17, 15) is 5.11 Å². The van der Waals surface area contributed by atoms with Crippen LogP contribution < -0.4 is 0 Å². The first kappa shape index (κ1) is 14.4. The highest BCUT2D eigenvalue weighted by molar-refractivity contribution is 5.26. The molecule has 0 amide bonds. The molecule has 0 bridgehead atoms. The van der Waals surface area contributed by atoms with Gasteiger partial charge in [0.05, 0.1) is 6.61 Å². The van der Waals surface area contributed by atoms with Gasteiger partial charge in [0.2, 0.25) is 0 Å². The molecule has 0 saturated carbocycles. The number of hydrogen-bond acceptors (Lipinski definition) is 2. The van der Waals surface area contributed by atoms with Crippen LogP contribution in [-0.2, 0) is 4.74 Å². The Hall–Kier alpha value is -1.62. The van der Waals surface area contributed by atoms with Gasteiger partial charge in [-0.2, -0.15) is 0 Å². The summed E-state index contributed by atoms with van der Waals surface area (Å²) in [5.41, 5.74) is 0.797. The topological polar surface area (TPSA) is 29.5 Å². The van der Waals surface area contributed by atoms with E-state index in [1.54, 1.807) is 19.1 Å². The molecule has 0 aromatic heterocycles. The summed E-state index contributed by atoms with van der Waals surface area (Å²) in [6.45, 7) is 7.99. The summed E-state index contributed by atoms with van der Waals surface area (Å²) >= 11 is 0. The van der Waals surface area contributed by atoms with E-state index in [-0.39, 0.29) is 5.76 Å². The number of rotatable bonds is 7. The van der Waals surface area contributed by atoms with Gasteiger partial charge >= 0.3 is 0 Å². The summed E-state index contributed by atoms with van der Waals surface area (Å²) < 4.78 is 5.51. The minimum absolute atomic E-state index is 0.182. The number of allylic oxidation sites excluding steroid dienone is 3. The van der Waals surface area contributed by atoms with Crippen LogP contribution in [0.5, 0.6) is 0 Å². The summed E-state index contributed by atoms with van der Waals surface area (Å²) in [5.74, 6) is 3.39. The fourth-order valence-corrected chi connectivity index (χ4v) is 1.02. The molecule has 0 fully saturated rings. The molecule has 0 spiro atoms. The Morgan fingerprint density at radius 1 is 1.50 bits per heavy atom. The number of hydrogen-bond donors (Lipinski definition) is 1. The van der Waals surface area contributed by atoms with Gasteiger partial charge in [-0.05, 0) is 38.3 Å². The summed E-state index contributed by atoms with van der Waals surface area (Å²) in [7, 11) is 0. The van der Waals surface area contributed by atoms with Crippen molar-refractivity contribution in [2.24, 2.45) is 0 Å². The lowest BCUT2D eigenvalue weighted by Crippen LogP contribution is -1.97. The maximum atomic E-state index is 9.36. The van der Waals surface area contributed by atoms with E-state index in [2.05, 4.69) is 12.5 Å². The van der Waals surface area contributed by atoms with Crippen molar-refractivity contribution in [3.8, 4) is 12.3 Å². The van der Waals surface area contributed by atoms with Gasteiger partial charge in [-0.1, -0.05) is 6.58 Å². The average molecular weight is 220 g/mol. The molecule has 88 valence electrons. The van der Waals surface area contributed by atoms with Gasteiger partial charge in [0.1, 0.15) is 11.5 Å². The smallest absolute Gasteiger partial charge is 0.125 e. The van der Waals surface area contributed by atoms with Gasteiger partial charge in [-0.3, -0.25) is 0 Å². The van der Waals surface area contributed by atoms with Crippen molar-refractivity contribution < 1.29 is 9.84 Å². The molecule has 2 heteroatoms. The molecule has 0 radical (unpaired) electrons. The van der Waals surface area contributed by atoms with Crippen LogP contribution in [0.15, 0.2) is 35.8 Å². The van der Waals surface area contributed by atoms with Crippen LogP contribution >= 0.6 is 0 Å². The third kappa shape index (κ3) is 6.78. The predicted molar refractivity (Wildman–Crippen MR) is 67.9 cm³/mol. The van der Waals surface area contributed by atoms with E-state index in [1.165, 1.54) is 0 Å².